The van der Waals surface area contributed by atoms with Gasteiger partial charge < -0.3 is 20.3 Å². The zero-order valence-corrected chi connectivity index (χ0v) is 49.4. The van der Waals surface area contributed by atoms with E-state index in [1.165, 1.54) is 295 Å². The van der Waals surface area contributed by atoms with Crippen LogP contribution in [0.3, 0.4) is 0 Å². The van der Waals surface area contributed by atoms with E-state index in [1.54, 1.807) is 6.08 Å². The van der Waals surface area contributed by atoms with Gasteiger partial charge in [-0.3, -0.25) is 9.59 Å². The molecule has 0 radical (unpaired) electrons. The van der Waals surface area contributed by atoms with Crippen LogP contribution in [-0.2, 0) is 14.3 Å². The van der Waals surface area contributed by atoms with Crippen molar-refractivity contribution in [2.75, 3.05) is 13.2 Å². The number of unbranched alkanes of at least 4 members (excludes halogenated alkanes) is 49. The minimum absolute atomic E-state index is 0.00932. The third kappa shape index (κ3) is 59.4. The Labute approximate surface area is 456 Å². The van der Waals surface area contributed by atoms with E-state index in [2.05, 4.69) is 31.3 Å². The molecule has 3 N–H and O–H groups in total. The van der Waals surface area contributed by atoms with E-state index in [-0.39, 0.29) is 18.5 Å². The van der Waals surface area contributed by atoms with Crippen LogP contribution in [0.15, 0.2) is 24.3 Å². The van der Waals surface area contributed by atoms with Crippen molar-refractivity contribution in [2.45, 2.75) is 379 Å². The van der Waals surface area contributed by atoms with Gasteiger partial charge in [0.05, 0.1) is 25.4 Å². The lowest BCUT2D eigenvalue weighted by Crippen LogP contribution is -2.45. The molecule has 0 aliphatic heterocycles. The summed E-state index contributed by atoms with van der Waals surface area (Å²) in [6, 6.07) is -0.624. The molecule has 6 nitrogen and oxygen atoms in total. The summed E-state index contributed by atoms with van der Waals surface area (Å²) >= 11 is 0. The van der Waals surface area contributed by atoms with Crippen LogP contribution >= 0.6 is 0 Å². The molecule has 0 rings (SSSR count). The molecular formula is C67H129NO5. The maximum Gasteiger partial charge on any atom is 0.305 e. The van der Waals surface area contributed by atoms with Crippen LogP contribution < -0.4 is 5.32 Å². The molecule has 0 aliphatic carbocycles. The Morgan fingerprint density at radius 2 is 0.644 bits per heavy atom. The standard InChI is InChI=1S/C67H129NO5/c1-3-5-7-9-11-13-15-17-33-36-39-43-47-51-55-59-65(70)64(63-69)68-66(71)60-56-52-48-44-40-37-34-31-29-27-25-23-21-19-18-20-22-24-26-28-30-32-35-38-42-46-50-54-58-62-73-67(72)61-57-53-49-45-41-16-14-12-10-8-6-4-2/h12,14,55,59,64-65,69-70H,3-11,13,15-54,56-58,60-63H2,1-2H3,(H,68,71)/b14-12-,59-55+. The van der Waals surface area contributed by atoms with Gasteiger partial charge in [-0.05, 0) is 57.8 Å². The van der Waals surface area contributed by atoms with Crippen LogP contribution in [0.1, 0.15) is 367 Å². The van der Waals surface area contributed by atoms with Gasteiger partial charge in [-0.2, -0.15) is 0 Å². The fraction of sp³-hybridized carbons (Fsp3) is 0.910. The van der Waals surface area contributed by atoms with Gasteiger partial charge in [0.2, 0.25) is 5.91 Å². The second-order valence-corrected chi connectivity index (χ2v) is 22.8. The quantitative estimate of drug-likeness (QED) is 0.0320. The number of nitrogens with one attached hydrogen (secondary N) is 1. The van der Waals surface area contributed by atoms with Gasteiger partial charge in [0.1, 0.15) is 0 Å². The molecule has 0 fully saturated rings. The Kier molecular flexibility index (Phi) is 61.4. The summed E-state index contributed by atoms with van der Waals surface area (Å²) in [7, 11) is 0. The molecule has 6 heteroatoms. The van der Waals surface area contributed by atoms with Crippen molar-refractivity contribution in [3.05, 3.63) is 24.3 Å². The predicted molar refractivity (Wildman–Crippen MR) is 320 cm³/mol. The molecule has 0 aliphatic rings. The second-order valence-electron chi connectivity index (χ2n) is 22.8. The number of hydrogen-bond acceptors (Lipinski definition) is 5. The number of rotatable bonds is 62. The number of amides is 1. The van der Waals surface area contributed by atoms with Crippen LogP contribution in [0.4, 0.5) is 0 Å². The highest BCUT2D eigenvalue weighted by Gasteiger charge is 2.18. The predicted octanol–water partition coefficient (Wildman–Crippen LogP) is 21.0. The topological polar surface area (TPSA) is 95.9 Å². The van der Waals surface area contributed by atoms with Crippen molar-refractivity contribution in [2.24, 2.45) is 0 Å². The Hall–Kier alpha value is -1.66. The summed E-state index contributed by atoms with van der Waals surface area (Å²) in [6.07, 6.45) is 78.2. The Morgan fingerprint density at radius 3 is 1.00 bits per heavy atom. The van der Waals surface area contributed by atoms with Crippen molar-refractivity contribution in [3.63, 3.8) is 0 Å². The number of carbonyl (C=O) groups excluding carboxylic acids is 2. The zero-order valence-electron chi connectivity index (χ0n) is 49.4. The normalized spacial score (nSPS) is 12.7. The summed E-state index contributed by atoms with van der Waals surface area (Å²) in [5, 5.41) is 23.1. The molecule has 0 saturated carbocycles. The third-order valence-corrected chi connectivity index (χ3v) is 15.5. The molecule has 0 saturated heterocycles. The highest BCUT2D eigenvalue weighted by Crippen LogP contribution is 2.18. The minimum Gasteiger partial charge on any atom is -0.466 e. The maximum absolute atomic E-state index is 12.5. The zero-order chi connectivity index (χ0) is 52.9. The fourth-order valence-electron chi connectivity index (χ4n) is 10.4. The highest BCUT2D eigenvalue weighted by molar-refractivity contribution is 5.76. The minimum atomic E-state index is -0.841. The first kappa shape index (κ1) is 71.3. The molecule has 0 bridgehead atoms. The van der Waals surface area contributed by atoms with Gasteiger partial charge in [-0.15, -0.1) is 0 Å². The first-order valence-electron chi connectivity index (χ1n) is 33.1. The third-order valence-electron chi connectivity index (χ3n) is 15.5. The molecule has 2 unspecified atom stereocenters. The monoisotopic (exact) mass is 1030 g/mol. The number of aliphatic hydroxyl groups excluding tert-OH is 2. The van der Waals surface area contributed by atoms with Crippen LogP contribution in [0.5, 0.6) is 0 Å². The summed E-state index contributed by atoms with van der Waals surface area (Å²) in [6.45, 7) is 4.90. The highest BCUT2D eigenvalue weighted by atomic mass is 16.5. The summed E-state index contributed by atoms with van der Waals surface area (Å²) in [5.74, 6) is -0.0530. The van der Waals surface area contributed by atoms with Crippen LogP contribution in [0.25, 0.3) is 0 Å². The summed E-state index contributed by atoms with van der Waals surface area (Å²) in [4.78, 5) is 24.5. The summed E-state index contributed by atoms with van der Waals surface area (Å²) < 4.78 is 5.47. The second kappa shape index (κ2) is 62.9. The Balaban J connectivity index is 3.35. The smallest absolute Gasteiger partial charge is 0.305 e. The number of carbonyl (C=O) groups is 2. The van der Waals surface area contributed by atoms with E-state index in [0.717, 1.165) is 44.9 Å². The van der Waals surface area contributed by atoms with Crippen molar-refractivity contribution in [3.8, 4) is 0 Å². The lowest BCUT2D eigenvalue weighted by molar-refractivity contribution is -0.143. The molecule has 1 amide bonds. The molecule has 73 heavy (non-hydrogen) atoms. The van der Waals surface area contributed by atoms with E-state index in [0.29, 0.717) is 19.4 Å². The van der Waals surface area contributed by atoms with E-state index >= 15 is 0 Å². The largest absolute Gasteiger partial charge is 0.466 e. The lowest BCUT2D eigenvalue weighted by Gasteiger charge is -2.20. The van der Waals surface area contributed by atoms with Gasteiger partial charge in [-0.1, -0.05) is 321 Å². The molecule has 0 spiro atoms. The molecule has 0 heterocycles. The average molecular weight is 1030 g/mol. The van der Waals surface area contributed by atoms with Gasteiger partial charge in [0, 0.05) is 12.8 Å². The maximum atomic E-state index is 12.5. The van der Waals surface area contributed by atoms with Crippen LogP contribution in [0.2, 0.25) is 0 Å². The Morgan fingerprint density at radius 1 is 0.370 bits per heavy atom. The van der Waals surface area contributed by atoms with Gasteiger partial charge in [0.25, 0.3) is 0 Å². The number of allylic oxidation sites excluding steroid dienone is 3. The molecule has 0 aromatic rings. The molecule has 2 atom stereocenters. The van der Waals surface area contributed by atoms with Gasteiger partial charge >= 0.3 is 5.97 Å². The first-order chi connectivity index (χ1) is 36.0. The van der Waals surface area contributed by atoms with E-state index in [1.807, 2.05) is 6.08 Å². The first-order valence-corrected chi connectivity index (χ1v) is 33.1. The van der Waals surface area contributed by atoms with Crippen molar-refractivity contribution >= 4 is 11.9 Å². The van der Waals surface area contributed by atoms with Crippen molar-refractivity contribution in [1.29, 1.82) is 0 Å². The van der Waals surface area contributed by atoms with E-state index < -0.39 is 12.1 Å². The van der Waals surface area contributed by atoms with Gasteiger partial charge in [-0.25, -0.2) is 0 Å². The van der Waals surface area contributed by atoms with Gasteiger partial charge in [0.15, 0.2) is 0 Å². The number of esters is 1. The van der Waals surface area contributed by atoms with E-state index in [9.17, 15) is 19.8 Å². The Bertz CT molecular complexity index is 1140. The molecule has 432 valence electrons. The van der Waals surface area contributed by atoms with E-state index in [4.69, 9.17) is 4.74 Å². The fourth-order valence-corrected chi connectivity index (χ4v) is 10.4. The molecule has 0 aromatic heterocycles. The average Bonchev–Trinajstić information content (AvgIpc) is 3.39. The van der Waals surface area contributed by atoms with Crippen LogP contribution in [-0.4, -0.2) is 47.4 Å². The number of hydrogen-bond donors (Lipinski definition) is 3. The van der Waals surface area contributed by atoms with Crippen molar-refractivity contribution in [1.82, 2.24) is 5.32 Å². The summed E-state index contributed by atoms with van der Waals surface area (Å²) in [5.41, 5.74) is 0. The number of ether oxygens (including phenoxy) is 1. The van der Waals surface area contributed by atoms with Crippen molar-refractivity contribution < 1.29 is 24.5 Å². The molecular weight excluding hydrogens is 899 g/mol. The SMILES string of the molecule is CCCCC/C=C\CCCCCCCC(=O)OCCCCCCCCCCCCCCCCCCCCCCCCCCCCCCCC(=O)NC(CO)C(O)/C=C/CCCCCCCCCCCCCCC. The number of aliphatic hydroxyl groups is 2. The lowest BCUT2D eigenvalue weighted by atomic mass is 10.0. The molecule has 0 aromatic carbocycles. The van der Waals surface area contributed by atoms with Crippen LogP contribution in [0, 0.1) is 0 Å².